The van der Waals surface area contributed by atoms with Gasteiger partial charge >= 0.3 is 0 Å². The minimum Gasteiger partial charge on any atom is -0.369 e. The highest BCUT2D eigenvalue weighted by atomic mass is 16.3. The van der Waals surface area contributed by atoms with Crippen LogP contribution in [0.1, 0.15) is 24.3 Å². The Balaban J connectivity index is 2.57. The molecule has 1 unspecified atom stereocenters. The second kappa shape index (κ2) is 3.10. The van der Waals surface area contributed by atoms with Gasteiger partial charge in [-0.1, -0.05) is 12.1 Å². The molecular formula is C11H14N2O. The standard InChI is InChI=1S/C11H14N2O/c1-7-4-5-9-10(6-7)12-8(2)13(3)11(9)14/h4-6,11,14H,1-3H3. The zero-order valence-electron chi connectivity index (χ0n) is 8.65. The molecule has 3 nitrogen and oxygen atoms in total. The Labute approximate surface area is 83.7 Å². The van der Waals surface area contributed by atoms with E-state index in [1.165, 1.54) is 0 Å². The summed E-state index contributed by atoms with van der Waals surface area (Å²) in [5.74, 6) is 0.843. The number of nitrogens with zero attached hydrogens (tertiary/aromatic N) is 2. The maximum atomic E-state index is 9.94. The van der Waals surface area contributed by atoms with E-state index in [0.29, 0.717) is 0 Å². The zero-order valence-corrected chi connectivity index (χ0v) is 8.65. The molecule has 3 heteroatoms. The first-order valence-electron chi connectivity index (χ1n) is 4.66. The summed E-state index contributed by atoms with van der Waals surface area (Å²) < 4.78 is 0. The van der Waals surface area contributed by atoms with Crippen LogP contribution < -0.4 is 0 Å². The normalized spacial score (nSPS) is 20.4. The summed E-state index contributed by atoms with van der Waals surface area (Å²) in [4.78, 5) is 6.18. The molecule has 1 aliphatic heterocycles. The van der Waals surface area contributed by atoms with Crippen LogP contribution in [-0.4, -0.2) is 22.9 Å². The van der Waals surface area contributed by atoms with Gasteiger partial charge in [-0.05, 0) is 25.5 Å². The second-order valence-electron chi connectivity index (χ2n) is 3.71. The van der Waals surface area contributed by atoms with Gasteiger partial charge in [-0.15, -0.1) is 0 Å². The number of aliphatic hydroxyl groups is 1. The lowest BCUT2D eigenvalue weighted by molar-refractivity contribution is 0.0668. The van der Waals surface area contributed by atoms with E-state index in [4.69, 9.17) is 0 Å². The van der Waals surface area contributed by atoms with Crippen molar-refractivity contribution in [3.8, 4) is 0 Å². The predicted octanol–water partition coefficient (Wildman–Crippen LogP) is 1.98. The van der Waals surface area contributed by atoms with Crippen molar-refractivity contribution in [3.05, 3.63) is 29.3 Å². The number of amidine groups is 1. The third kappa shape index (κ3) is 1.30. The Morgan fingerprint density at radius 1 is 1.36 bits per heavy atom. The van der Waals surface area contributed by atoms with Crippen LogP contribution in [0.15, 0.2) is 23.2 Å². The smallest absolute Gasteiger partial charge is 0.155 e. The van der Waals surface area contributed by atoms with Crippen molar-refractivity contribution in [1.29, 1.82) is 0 Å². The van der Waals surface area contributed by atoms with E-state index in [9.17, 15) is 5.11 Å². The fourth-order valence-electron chi connectivity index (χ4n) is 1.61. The maximum absolute atomic E-state index is 9.94. The van der Waals surface area contributed by atoms with Crippen LogP contribution in [0.4, 0.5) is 5.69 Å². The SMILES string of the molecule is CC1=Nc2cc(C)ccc2C(O)N1C. The summed E-state index contributed by atoms with van der Waals surface area (Å²) in [6.45, 7) is 3.92. The van der Waals surface area contributed by atoms with Crippen molar-refractivity contribution in [2.24, 2.45) is 4.99 Å². The van der Waals surface area contributed by atoms with Crippen molar-refractivity contribution in [3.63, 3.8) is 0 Å². The third-order valence-electron chi connectivity index (χ3n) is 2.62. The second-order valence-corrected chi connectivity index (χ2v) is 3.71. The summed E-state index contributed by atoms with van der Waals surface area (Å²) >= 11 is 0. The van der Waals surface area contributed by atoms with Gasteiger partial charge in [0.25, 0.3) is 0 Å². The molecule has 74 valence electrons. The number of rotatable bonds is 0. The Morgan fingerprint density at radius 2 is 2.07 bits per heavy atom. The fraction of sp³-hybridized carbons (Fsp3) is 0.364. The largest absolute Gasteiger partial charge is 0.369 e. The molecule has 14 heavy (non-hydrogen) atoms. The highest BCUT2D eigenvalue weighted by molar-refractivity contribution is 5.85. The molecule has 0 amide bonds. The van der Waals surface area contributed by atoms with Gasteiger partial charge in [0.05, 0.1) is 5.69 Å². The van der Waals surface area contributed by atoms with E-state index in [-0.39, 0.29) is 0 Å². The molecular weight excluding hydrogens is 176 g/mol. The molecule has 1 N–H and O–H groups in total. The molecule has 0 saturated heterocycles. The van der Waals surface area contributed by atoms with Gasteiger partial charge in [0.15, 0.2) is 6.23 Å². The first kappa shape index (κ1) is 9.21. The molecule has 0 aliphatic carbocycles. The lowest BCUT2D eigenvalue weighted by atomic mass is 10.1. The first-order chi connectivity index (χ1) is 6.59. The molecule has 1 atom stereocenters. The molecule has 1 heterocycles. The predicted molar refractivity (Wildman–Crippen MR) is 56.7 cm³/mol. The van der Waals surface area contributed by atoms with Crippen LogP contribution in [0.5, 0.6) is 0 Å². The number of benzene rings is 1. The van der Waals surface area contributed by atoms with Crippen molar-refractivity contribution >= 4 is 11.5 Å². The average Bonchev–Trinajstić information content (AvgIpc) is 2.14. The van der Waals surface area contributed by atoms with Crippen LogP contribution in [0.3, 0.4) is 0 Å². The van der Waals surface area contributed by atoms with Crippen molar-refractivity contribution < 1.29 is 5.11 Å². The Morgan fingerprint density at radius 3 is 2.79 bits per heavy atom. The van der Waals surface area contributed by atoms with E-state index in [2.05, 4.69) is 4.99 Å². The van der Waals surface area contributed by atoms with Crippen molar-refractivity contribution in [1.82, 2.24) is 4.90 Å². The van der Waals surface area contributed by atoms with Gasteiger partial charge < -0.3 is 10.0 Å². The van der Waals surface area contributed by atoms with Gasteiger partial charge in [-0.3, -0.25) is 0 Å². The summed E-state index contributed by atoms with van der Waals surface area (Å²) in [6, 6.07) is 5.92. The van der Waals surface area contributed by atoms with Gasteiger partial charge in [-0.2, -0.15) is 0 Å². The van der Waals surface area contributed by atoms with E-state index in [0.717, 1.165) is 22.6 Å². The topological polar surface area (TPSA) is 35.8 Å². The van der Waals surface area contributed by atoms with Gasteiger partial charge in [0, 0.05) is 12.6 Å². The molecule has 1 aliphatic rings. The summed E-state index contributed by atoms with van der Waals surface area (Å²) in [5.41, 5.74) is 2.92. The maximum Gasteiger partial charge on any atom is 0.155 e. The molecule has 0 aromatic heterocycles. The molecule has 2 rings (SSSR count). The van der Waals surface area contributed by atoms with E-state index >= 15 is 0 Å². The molecule has 0 radical (unpaired) electrons. The van der Waals surface area contributed by atoms with Crippen LogP contribution in [0.2, 0.25) is 0 Å². The van der Waals surface area contributed by atoms with Crippen molar-refractivity contribution in [2.75, 3.05) is 7.05 Å². The summed E-state index contributed by atoms with van der Waals surface area (Å²) in [5, 5.41) is 9.94. The Bertz CT molecular complexity index is 398. The molecule has 1 aromatic rings. The number of fused-ring (bicyclic) bond motifs is 1. The highest BCUT2D eigenvalue weighted by Gasteiger charge is 2.22. The van der Waals surface area contributed by atoms with Crippen molar-refractivity contribution in [2.45, 2.75) is 20.1 Å². The number of aliphatic imine (C=N–C) groups is 1. The first-order valence-corrected chi connectivity index (χ1v) is 4.66. The van der Waals surface area contributed by atoms with E-state index < -0.39 is 6.23 Å². The van der Waals surface area contributed by atoms with Crippen LogP contribution >= 0.6 is 0 Å². The monoisotopic (exact) mass is 190 g/mol. The molecule has 0 fully saturated rings. The average molecular weight is 190 g/mol. The fourth-order valence-corrected chi connectivity index (χ4v) is 1.61. The van der Waals surface area contributed by atoms with Gasteiger partial charge in [0.2, 0.25) is 0 Å². The zero-order chi connectivity index (χ0) is 10.3. The Hall–Kier alpha value is -1.35. The van der Waals surface area contributed by atoms with Crippen LogP contribution in [0.25, 0.3) is 0 Å². The highest BCUT2D eigenvalue weighted by Crippen LogP contribution is 2.32. The molecule has 0 saturated carbocycles. The molecule has 1 aromatic carbocycles. The minimum atomic E-state index is -0.567. The Kier molecular flexibility index (Phi) is 2.04. The number of hydrogen-bond donors (Lipinski definition) is 1. The lowest BCUT2D eigenvalue weighted by Crippen LogP contribution is -2.31. The molecule has 0 bridgehead atoms. The minimum absolute atomic E-state index is 0.567. The summed E-state index contributed by atoms with van der Waals surface area (Å²) in [7, 11) is 1.84. The van der Waals surface area contributed by atoms with E-state index in [1.54, 1.807) is 4.90 Å². The number of aliphatic hydroxyl groups excluding tert-OH is 1. The number of hydrogen-bond acceptors (Lipinski definition) is 3. The molecule has 0 spiro atoms. The van der Waals surface area contributed by atoms with Gasteiger partial charge in [-0.25, -0.2) is 4.99 Å². The lowest BCUT2D eigenvalue weighted by Gasteiger charge is -2.30. The number of aryl methyl sites for hydroxylation is 1. The van der Waals surface area contributed by atoms with E-state index in [1.807, 2.05) is 39.1 Å². The van der Waals surface area contributed by atoms with Crippen LogP contribution in [-0.2, 0) is 0 Å². The third-order valence-corrected chi connectivity index (χ3v) is 2.62. The summed E-state index contributed by atoms with van der Waals surface area (Å²) in [6.07, 6.45) is -0.567. The van der Waals surface area contributed by atoms with Gasteiger partial charge in [0.1, 0.15) is 5.84 Å². The van der Waals surface area contributed by atoms with Crippen LogP contribution in [0, 0.1) is 6.92 Å². The quantitative estimate of drug-likeness (QED) is 0.679.